The SMILES string of the molecule is CN=C(NCc1ccc(-n2ccnc2C)nc1)NCc1nc(C)c(C)s1.I. The van der Waals surface area contributed by atoms with Gasteiger partial charge in [-0.15, -0.1) is 35.3 Å². The lowest BCUT2D eigenvalue weighted by atomic mass is 10.3. The monoisotopic (exact) mass is 497 g/mol. The second-order valence-corrected chi connectivity index (χ2v) is 7.19. The Balaban J connectivity index is 0.00000261. The molecule has 0 spiro atoms. The average Bonchev–Trinajstić information content (AvgIpc) is 3.21. The van der Waals surface area contributed by atoms with E-state index in [2.05, 4.69) is 43.6 Å². The van der Waals surface area contributed by atoms with Crippen LogP contribution in [0.15, 0.2) is 35.7 Å². The van der Waals surface area contributed by atoms with Crippen molar-refractivity contribution >= 4 is 41.3 Å². The fourth-order valence-corrected chi connectivity index (χ4v) is 3.34. The normalized spacial score (nSPS) is 11.2. The lowest BCUT2D eigenvalue weighted by molar-refractivity contribution is 0.800. The second-order valence-electron chi connectivity index (χ2n) is 5.90. The first kappa shape index (κ1) is 21.3. The van der Waals surface area contributed by atoms with Gasteiger partial charge in [0.05, 0.1) is 12.2 Å². The molecule has 27 heavy (non-hydrogen) atoms. The number of guanidine groups is 1. The molecule has 0 saturated heterocycles. The molecule has 3 aromatic rings. The summed E-state index contributed by atoms with van der Waals surface area (Å²) in [7, 11) is 1.76. The van der Waals surface area contributed by atoms with Crippen molar-refractivity contribution in [1.82, 2.24) is 30.2 Å². The summed E-state index contributed by atoms with van der Waals surface area (Å²) in [4.78, 5) is 18.8. The molecular weight excluding hydrogens is 473 g/mol. The van der Waals surface area contributed by atoms with Gasteiger partial charge in [-0.2, -0.15) is 0 Å². The van der Waals surface area contributed by atoms with Crippen LogP contribution in [-0.2, 0) is 13.1 Å². The Bertz CT molecular complexity index is 879. The van der Waals surface area contributed by atoms with Crippen molar-refractivity contribution in [2.45, 2.75) is 33.9 Å². The van der Waals surface area contributed by atoms with Crippen LogP contribution in [0.25, 0.3) is 5.82 Å². The molecular formula is C18H24IN7S. The largest absolute Gasteiger partial charge is 0.352 e. The third-order valence-electron chi connectivity index (χ3n) is 4.05. The molecule has 0 aliphatic heterocycles. The van der Waals surface area contributed by atoms with E-state index < -0.39 is 0 Å². The summed E-state index contributed by atoms with van der Waals surface area (Å²) >= 11 is 1.71. The van der Waals surface area contributed by atoms with E-state index in [-0.39, 0.29) is 24.0 Å². The summed E-state index contributed by atoms with van der Waals surface area (Å²) in [5, 5.41) is 7.65. The molecule has 0 aliphatic rings. The van der Waals surface area contributed by atoms with Gasteiger partial charge in [0.25, 0.3) is 0 Å². The minimum atomic E-state index is 0. The van der Waals surface area contributed by atoms with Gasteiger partial charge in [-0.25, -0.2) is 15.0 Å². The zero-order chi connectivity index (χ0) is 18.5. The number of pyridine rings is 1. The predicted octanol–water partition coefficient (Wildman–Crippen LogP) is 3.13. The van der Waals surface area contributed by atoms with E-state index in [4.69, 9.17) is 0 Å². The first-order valence-electron chi connectivity index (χ1n) is 8.39. The maximum Gasteiger partial charge on any atom is 0.191 e. The molecule has 0 fully saturated rings. The van der Waals surface area contributed by atoms with E-state index in [9.17, 15) is 0 Å². The smallest absolute Gasteiger partial charge is 0.191 e. The van der Waals surface area contributed by atoms with Crippen LogP contribution >= 0.6 is 35.3 Å². The molecule has 3 rings (SSSR count). The van der Waals surface area contributed by atoms with Gasteiger partial charge in [0, 0.05) is 37.1 Å². The third kappa shape index (κ3) is 5.48. The maximum absolute atomic E-state index is 4.53. The minimum Gasteiger partial charge on any atom is -0.352 e. The van der Waals surface area contributed by atoms with Gasteiger partial charge >= 0.3 is 0 Å². The molecule has 0 unspecified atom stereocenters. The standard InChI is InChI=1S/C18H23N7S.HI/c1-12-13(2)26-17(24-12)11-23-18(19-4)22-10-15-5-6-16(21-9-15)25-8-7-20-14(25)3;/h5-9H,10-11H2,1-4H3,(H2,19,22,23);1H. The summed E-state index contributed by atoms with van der Waals surface area (Å²) < 4.78 is 1.95. The molecule has 9 heteroatoms. The van der Waals surface area contributed by atoms with E-state index in [0.29, 0.717) is 13.1 Å². The van der Waals surface area contributed by atoms with E-state index in [1.165, 1.54) is 4.88 Å². The number of imidazole rings is 1. The molecule has 0 saturated carbocycles. The van der Waals surface area contributed by atoms with Crippen molar-refractivity contribution in [3.8, 4) is 5.82 Å². The van der Waals surface area contributed by atoms with Crippen LogP contribution in [0.1, 0.15) is 27.0 Å². The lowest BCUT2D eigenvalue weighted by Crippen LogP contribution is -2.36. The highest BCUT2D eigenvalue weighted by Crippen LogP contribution is 2.15. The Morgan fingerprint density at radius 2 is 1.93 bits per heavy atom. The summed E-state index contributed by atoms with van der Waals surface area (Å²) in [6, 6.07) is 4.04. The maximum atomic E-state index is 4.53. The quantitative estimate of drug-likeness (QED) is 0.322. The van der Waals surface area contributed by atoms with Crippen molar-refractivity contribution in [3.63, 3.8) is 0 Å². The molecule has 0 aliphatic carbocycles. The zero-order valence-corrected chi connectivity index (χ0v) is 19.0. The third-order valence-corrected chi connectivity index (χ3v) is 5.12. The fourth-order valence-electron chi connectivity index (χ4n) is 2.46. The molecule has 144 valence electrons. The number of hydrogen-bond donors (Lipinski definition) is 2. The number of aliphatic imine (C=N–C) groups is 1. The van der Waals surface area contributed by atoms with Crippen LogP contribution in [0.2, 0.25) is 0 Å². The number of nitrogens with one attached hydrogen (secondary N) is 2. The van der Waals surface area contributed by atoms with Gasteiger partial charge in [0.2, 0.25) is 0 Å². The number of aryl methyl sites for hydroxylation is 3. The molecule has 2 N–H and O–H groups in total. The van der Waals surface area contributed by atoms with Gasteiger partial charge in [0.15, 0.2) is 5.96 Å². The van der Waals surface area contributed by atoms with Crippen LogP contribution in [0, 0.1) is 20.8 Å². The molecule has 0 amide bonds. The minimum absolute atomic E-state index is 0. The summed E-state index contributed by atoms with van der Waals surface area (Å²) in [6.45, 7) is 7.38. The Hall–Kier alpha value is -2.01. The zero-order valence-electron chi connectivity index (χ0n) is 15.9. The molecule has 7 nitrogen and oxygen atoms in total. The van der Waals surface area contributed by atoms with Crippen molar-refractivity contribution in [3.05, 3.63) is 57.7 Å². The number of nitrogens with zero attached hydrogens (tertiary/aromatic N) is 5. The number of hydrogen-bond acceptors (Lipinski definition) is 5. The van der Waals surface area contributed by atoms with Gasteiger partial charge in [-0.05, 0) is 32.4 Å². The Morgan fingerprint density at radius 3 is 2.48 bits per heavy atom. The molecule has 3 aromatic heterocycles. The highest BCUT2D eigenvalue weighted by Gasteiger charge is 2.06. The van der Waals surface area contributed by atoms with Crippen molar-refractivity contribution in [2.24, 2.45) is 4.99 Å². The van der Waals surface area contributed by atoms with Gasteiger partial charge < -0.3 is 10.6 Å². The summed E-state index contributed by atoms with van der Waals surface area (Å²) in [5.41, 5.74) is 2.17. The van der Waals surface area contributed by atoms with Crippen LogP contribution in [0.3, 0.4) is 0 Å². The lowest BCUT2D eigenvalue weighted by Gasteiger charge is -2.11. The van der Waals surface area contributed by atoms with Crippen molar-refractivity contribution < 1.29 is 0 Å². The Labute approximate surface area is 180 Å². The van der Waals surface area contributed by atoms with Gasteiger partial charge in [-0.3, -0.25) is 9.56 Å². The van der Waals surface area contributed by atoms with E-state index >= 15 is 0 Å². The highest BCUT2D eigenvalue weighted by molar-refractivity contribution is 14.0. The van der Waals surface area contributed by atoms with Gasteiger partial charge in [0.1, 0.15) is 16.6 Å². The molecule has 3 heterocycles. The van der Waals surface area contributed by atoms with Crippen LogP contribution in [0.5, 0.6) is 0 Å². The first-order valence-corrected chi connectivity index (χ1v) is 9.21. The van der Waals surface area contributed by atoms with E-state index in [1.54, 1.807) is 24.6 Å². The van der Waals surface area contributed by atoms with Crippen molar-refractivity contribution in [1.29, 1.82) is 0 Å². The van der Waals surface area contributed by atoms with E-state index in [1.807, 2.05) is 36.9 Å². The molecule has 0 atom stereocenters. The fraction of sp³-hybridized carbons (Fsp3) is 0.333. The molecule has 0 bridgehead atoms. The number of halogens is 1. The van der Waals surface area contributed by atoms with E-state index in [0.717, 1.165) is 33.9 Å². The van der Waals surface area contributed by atoms with Crippen LogP contribution in [-0.4, -0.2) is 32.5 Å². The Morgan fingerprint density at radius 1 is 1.15 bits per heavy atom. The molecule has 0 radical (unpaired) electrons. The van der Waals surface area contributed by atoms with Crippen LogP contribution in [0.4, 0.5) is 0 Å². The highest BCUT2D eigenvalue weighted by atomic mass is 127. The Kier molecular flexibility index (Phi) is 7.72. The number of rotatable bonds is 5. The number of aromatic nitrogens is 4. The van der Waals surface area contributed by atoms with Crippen LogP contribution < -0.4 is 10.6 Å². The van der Waals surface area contributed by atoms with Gasteiger partial charge in [-0.1, -0.05) is 6.07 Å². The average molecular weight is 497 g/mol. The van der Waals surface area contributed by atoms with Crippen molar-refractivity contribution in [2.75, 3.05) is 7.05 Å². The topological polar surface area (TPSA) is 80.0 Å². The summed E-state index contributed by atoms with van der Waals surface area (Å²) in [5.74, 6) is 2.52. The second kappa shape index (κ2) is 9.79. The predicted molar refractivity (Wildman–Crippen MR) is 120 cm³/mol. The summed E-state index contributed by atoms with van der Waals surface area (Å²) in [6.07, 6.45) is 5.54. The first-order chi connectivity index (χ1) is 12.6. The molecule has 0 aromatic carbocycles. The number of thiazole rings is 1.